The van der Waals surface area contributed by atoms with Crippen molar-refractivity contribution < 1.29 is 4.79 Å². The molecule has 12 heavy (non-hydrogen) atoms. The Morgan fingerprint density at radius 1 is 1.25 bits per heavy atom. The summed E-state index contributed by atoms with van der Waals surface area (Å²) in [5.74, 6) is 0.745. The monoisotopic (exact) mass is 170 g/mol. The highest BCUT2D eigenvalue weighted by molar-refractivity contribution is 5.53. The summed E-state index contributed by atoms with van der Waals surface area (Å²) < 4.78 is 0. The van der Waals surface area contributed by atoms with E-state index in [2.05, 4.69) is 27.7 Å². The average molecular weight is 170 g/mol. The number of hydrogen-bond acceptors (Lipinski definition) is 1. The molecule has 0 aliphatic heterocycles. The highest BCUT2D eigenvalue weighted by atomic mass is 16.1. The first-order valence-electron chi connectivity index (χ1n) is 4.82. The topological polar surface area (TPSA) is 17.1 Å². The Hall–Kier alpha value is -0.330. The van der Waals surface area contributed by atoms with Crippen molar-refractivity contribution in [3.63, 3.8) is 0 Å². The summed E-state index contributed by atoms with van der Waals surface area (Å²) in [6, 6.07) is 0. The van der Waals surface area contributed by atoms with Crippen molar-refractivity contribution in [2.75, 3.05) is 0 Å². The molecular formula is C11H22O. The highest BCUT2D eigenvalue weighted by Gasteiger charge is 2.15. The van der Waals surface area contributed by atoms with Gasteiger partial charge in [-0.05, 0) is 24.2 Å². The molecule has 0 radical (unpaired) electrons. The summed E-state index contributed by atoms with van der Waals surface area (Å²) in [4.78, 5) is 10.5. The minimum absolute atomic E-state index is 0.215. The second-order valence-electron chi connectivity index (χ2n) is 5.07. The van der Waals surface area contributed by atoms with Crippen molar-refractivity contribution >= 4 is 6.29 Å². The van der Waals surface area contributed by atoms with E-state index in [1.807, 2.05) is 6.92 Å². The third kappa shape index (κ3) is 5.34. The molecule has 1 nitrogen and oxygen atoms in total. The van der Waals surface area contributed by atoms with Crippen LogP contribution in [0.2, 0.25) is 0 Å². The van der Waals surface area contributed by atoms with Crippen LogP contribution in [0.4, 0.5) is 0 Å². The minimum atomic E-state index is 0.215. The van der Waals surface area contributed by atoms with Gasteiger partial charge in [-0.1, -0.05) is 34.6 Å². The lowest BCUT2D eigenvalue weighted by Crippen LogP contribution is -2.13. The van der Waals surface area contributed by atoms with Gasteiger partial charge in [-0.15, -0.1) is 0 Å². The molecule has 0 heterocycles. The Balaban J connectivity index is 3.71. The Morgan fingerprint density at radius 3 is 2.08 bits per heavy atom. The van der Waals surface area contributed by atoms with Gasteiger partial charge in [0.2, 0.25) is 0 Å². The van der Waals surface area contributed by atoms with Gasteiger partial charge in [-0.25, -0.2) is 0 Å². The first kappa shape index (κ1) is 11.7. The van der Waals surface area contributed by atoms with Gasteiger partial charge in [0.15, 0.2) is 0 Å². The van der Waals surface area contributed by atoms with Crippen LogP contribution >= 0.6 is 0 Å². The van der Waals surface area contributed by atoms with Gasteiger partial charge in [0.05, 0.1) is 0 Å². The highest BCUT2D eigenvalue weighted by Crippen LogP contribution is 2.25. The second kappa shape index (κ2) is 4.64. The van der Waals surface area contributed by atoms with Gasteiger partial charge < -0.3 is 4.79 Å². The van der Waals surface area contributed by atoms with Crippen molar-refractivity contribution in [2.45, 2.75) is 47.5 Å². The lowest BCUT2D eigenvalue weighted by Gasteiger charge is -2.22. The first-order chi connectivity index (χ1) is 5.37. The van der Waals surface area contributed by atoms with E-state index in [1.165, 1.54) is 6.42 Å². The molecule has 0 aromatic heterocycles. The van der Waals surface area contributed by atoms with Crippen LogP contribution in [-0.2, 0) is 4.79 Å². The van der Waals surface area contributed by atoms with Gasteiger partial charge in [-0.3, -0.25) is 0 Å². The standard InChI is InChI=1S/C11H22O/c1-9(10(2)8-12)6-7-11(3,4)5/h8-10H,6-7H2,1-5H3. The van der Waals surface area contributed by atoms with E-state index in [1.54, 1.807) is 0 Å². The lowest BCUT2D eigenvalue weighted by atomic mass is 9.84. The van der Waals surface area contributed by atoms with E-state index in [-0.39, 0.29) is 5.92 Å². The quantitative estimate of drug-likeness (QED) is 0.592. The number of rotatable bonds is 4. The summed E-state index contributed by atoms with van der Waals surface area (Å²) >= 11 is 0. The van der Waals surface area contributed by atoms with Crippen molar-refractivity contribution in [3.8, 4) is 0 Å². The van der Waals surface area contributed by atoms with Gasteiger partial charge in [0.25, 0.3) is 0 Å². The molecule has 0 amide bonds. The zero-order chi connectivity index (χ0) is 9.78. The van der Waals surface area contributed by atoms with E-state index in [0.717, 1.165) is 12.7 Å². The molecule has 72 valence electrons. The van der Waals surface area contributed by atoms with Gasteiger partial charge >= 0.3 is 0 Å². The largest absolute Gasteiger partial charge is 0.303 e. The van der Waals surface area contributed by atoms with Crippen LogP contribution in [0.15, 0.2) is 0 Å². The van der Waals surface area contributed by atoms with Gasteiger partial charge in [-0.2, -0.15) is 0 Å². The molecule has 0 bridgehead atoms. The van der Waals surface area contributed by atoms with E-state index < -0.39 is 0 Å². The maximum atomic E-state index is 10.5. The molecule has 2 unspecified atom stereocenters. The zero-order valence-electron chi connectivity index (χ0n) is 9.05. The smallest absolute Gasteiger partial charge is 0.123 e. The molecule has 2 atom stereocenters. The summed E-state index contributed by atoms with van der Waals surface area (Å²) in [5.41, 5.74) is 0.400. The predicted molar refractivity (Wildman–Crippen MR) is 53.1 cm³/mol. The Bertz CT molecular complexity index is 132. The van der Waals surface area contributed by atoms with Crippen LogP contribution in [0.1, 0.15) is 47.5 Å². The van der Waals surface area contributed by atoms with Crippen LogP contribution in [0, 0.1) is 17.3 Å². The first-order valence-corrected chi connectivity index (χ1v) is 4.82. The summed E-state index contributed by atoms with van der Waals surface area (Å²) in [6.07, 6.45) is 3.42. The van der Waals surface area contributed by atoms with Crippen LogP contribution in [0.3, 0.4) is 0 Å². The van der Waals surface area contributed by atoms with E-state index in [4.69, 9.17) is 0 Å². The SMILES string of the molecule is CC(C=O)C(C)CCC(C)(C)C. The van der Waals surface area contributed by atoms with Crippen LogP contribution in [-0.4, -0.2) is 6.29 Å². The fraction of sp³-hybridized carbons (Fsp3) is 0.909. The summed E-state index contributed by atoms with van der Waals surface area (Å²) in [6.45, 7) is 10.9. The minimum Gasteiger partial charge on any atom is -0.303 e. The molecule has 1 heteroatoms. The fourth-order valence-corrected chi connectivity index (χ4v) is 1.06. The maximum Gasteiger partial charge on any atom is 0.123 e. The summed E-state index contributed by atoms with van der Waals surface area (Å²) in [5, 5.41) is 0. The summed E-state index contributed by atoms with van der Waals surface area (Å²) in [7, 11) is 0. The molecule has 0 aromatic rings. The fourth-order valence-electron chi connectivity index (χ4n) is 1.06. The Kier molecular flexibility index (Phi) is 4.51. The Labute approximate surface area is 76.6 Å². The number of hydrogen-bond donors (Lipinski definition) is 0. The van der Waals surface area contributed by atoms with Crippen LogP contribution in [0.5, 0.6) is 0 Å². The van der Waals surface area contributed by atoms with E-state index in [0.29, 0.717) is 11.3 Å². The molecule has 0 saturated carbocycles. The maximum absolute atomic E-state index is 10.5. The number of carbonyl (C=O) groups excluding carboxylic acids is 1. The third-order valence-electron chi connectivity index (χ3n) is 2.46. The van der Waals surface area contributed by atoms with Crippen molar-refractivity contribution in [2.24, 2.45) is 17.3 Å². The second-order valence-corrected chi connectivity index (χ2v) is 5.07. The number of carbonyl (C=O) groups is 1. The molecule has 0 aliphatic carbocycles. The number of aldehydes is 1. The van der Waals surface area contributed by atoms with Crippen molar-refractivity contribution in [1.29, 1.82) is 0 Å². The van der Waals surface area contributed by atoms with E-state index in [9.17, 15) is 4.79 Å². The molecule has 0 N–H and O–H groups in total. The lowest BCUT2D eigenvalue weighted by molar-refractivity contribution is -0.111. The molecule has 0 aliphatic rings. The molecule has 0 rings (SSSR count). The van der Waals surface area contributed by atoms with Crippen molar-refractivity contribution in [1.82, 2.24) is 0 Å². The van der Waals surface area contributed by atoms with Crippen LogP contribution < -0.4 is 0 Å². The van der Waals surface area contributed by atoms with E-state index >= 15 is 0 Å². The van der Waals surface area contributed by atoms with Gasteiger partial charge in [0.1, 0.15) is 6.29 Å². The van der Waals surface area contributed by atoms with Crippen molar-refractivity contribution in [3.05, 3.63) is 0 Å². The van der Waals surface area contributed by atoms with Crippen LogP contribution in [0.25, 0.3) is 0 Å². The third-order valence-corrected chi connectivity index (χ3v) is 2.46. The molecule has 0 saturated heterocycles. The molecule has 0 fully saturated rings. The zero-order valence-corrected chi connectivity index (χ0v) is 9.05. The molecule has 0 aromatic carbocycles. The molecular weight excluding hydrogens is 148 g/mol. The average Bonchev–Trinajstić information content (AvgIpc) is 1.97. The Morgan fingerprint density at radius 2 is 1.75 bits per heavy atom. The molecule has 0 spiro atoms. The van der Waals surface area contributed by atoms with Gasteiger partial charge in [0, 0.05) is 5.92 Å². The normalized spacial score (nSPS) is 17.1. The predicted octanol–water partition coefficient (Wildman–Crippen LogP) is 3.28.